The Bertz CT molecular complexity index is 594. The molecule has 2 atom stereocenters. The molecule has 5 heteroatoms. The smallest absolute Gasteiger partial charge is 0.269 e. The topological polar surface area (TPSA) is 60.9 Å². The van der Waals surface area contributed by atoms with Crippen molar-refractivity contribution >= 4 is 5.91 Å². The summed E-state index contributed by atoms with van der Waals surface area (Å²) in [5, 5.41) is 4.10. The zero-order chi connectivity index (χ0) is 12.7. The van der Waals surface area contributed by atoms with E-state index < -0.39 is 12.1 Å². The fourth-order valence-corrected chi connectivity index (χ4v) is 2.38. The summed E-state index contributed by atoms with van der Waals surface area (Å²) >= 11 is 0. The minimum Gasteiger partial charge on any atom is -0.364 e. The van der Waals surface area contributed by atoms with Crippen LogP contribution in [0.25, 0.3) is 0 Å². The number of carbonyl (C=O) groups is 1. The maximum Gasteiger partial charge on any atom is 0.269 e. The first kappa shape index (κ1) is 11.0. The lowest BCUT2D eigenvalue weighted by Crippen LogP contribution is -2.14. The maximum absolute atomic E-state index is 13.9. The van der Waals surface area contributed by atoms with Crippen molar-refractivity contribution in [1.29, 1.82) is 0 Å². The van der Waals surface area contributed by atoms with E-state index in [4.69, 9.17) is 5.73 Å². The van der Waals surface area contributed by atoms with Gasteiger partial charge in [0.15, 0.2) is 0 Å². The van der Waals surface area contributed by atoms with E-state index in [0.717, 1.165) is 5.56 Å². The summed E-state index contributed by atoms with van der Waals surface area (Å²) in [5.74, 6) is -0.629. The summed E-state index contributed by atoms with van der Waals surface area (Å²) in [6.07, 6.45) is -0.749. The van der Waals surface area contributed by atoms with Gasteiger partial charge in [0.05, 0.1) is 11.7 Å². The van der Waals surface area contributed by atoms with Gasteiger partial charge in [0, 0.05) is 6.42 Å². The lowest BCUT2D eigenvalue weighted by atomic mass is 10.0. The van der Waals surface area contributed by atoms with Crippen molar-refractivity contribution in [2.24, 2.45) is 5.73 Å². The van der Waals surface area contributed by atoms with Gasteiger partial charge in [-0.3, -0.25) is 9.48 Å². The Morgan fingerprint density at radius 1 is 1.39 bits per heavy atom. The van der Waals surface area contributed by atoms with Gasteiger partial charge in [0.25, 0.3) is 5.91 Å². The molecule has 92 valence electrons. The predicted octanol–water partition coefficient (Wildman–Crippen LogP) is 1.99. The van der Waals surface area contributed by atoms with Crippen molar-refractivity contribution < 1.29 is 9.18 Å². The van der Waals surface area contributed by atoms with Crippen LogP contribution in [0.2, 0.25) is 0 Å². The molecule has 0 bridgehead atoms. The summed E-state index contributed by atoms with van der Waals surface area (Å²) in [5.41, 5.74) is 6.70. The Labute approximate surface area is 103 Å². The number of halogens is 1. The molecule has 1 aliphatic rings. The number of carbonyl (C=O) groups excluding carboxylic acids is 1. The fourth-order valence-electron chi connectivity index (χ4n) is 2.38. The molecule has 0 radical (unpaired) electrons. The molecule has 1 aromatic heterocycles. The molecule has 4 nitrogen and oxygen atoms in total. The zero-order valence-corrected chi connectivity index (χ0v) is 9.58. The molecule has 3 rings (SSSR count). The highest BCUT2D eigenvalue weighted by atomic mass is 19.1. The molecule has 2 heterocycles. The lowest BCUT2D eigenvalue weighted by Gasteiger charge is -2.11. The van der Waals surface area contributed by atoms with Gasteiger partial charge in [-0.15, -0.1) is 0 Å². The number of hydrogen-bond donors (Lipinski definition) is 1. The summed E-state index contributed by atoms with van der Waals surface area (Å²) in [7, 11) is 0. The highest BCUT2D eigenvalue weighted by Gasteiger charge is 2.34. The monoisotopic (exact) mass is 245 g/mol. The number of nitrogens with two attached hydrogens (primary N) is 1. The Hall–Kier alpha value is -2.17. The highest BCUT2D eigenvalue weighted by molar-refractivity contribution is 5.90. The fraction of sp³-hybridized carbons (Fsp3) is 0.231. The average Bonchev–Trinajstić information content (AvgIpc) is 2.92. The van der Waals surface area contributed by atoms with Gasteiger partial charge in [0.2, 0.25) is 0 Å². The SMILES string of the molecule is NC(=O)c1cc2n(n1)C(c1ccccc1)CC2F. The summed E-state index contributed by atoms with van der Waals surface area (Å²) in [4.78, 5) is 11.1. The van der Waals surface area contributed by atoms with E-state index in [2.05, 4.69) is 5.10 Å². The van der Waals surface area contributed by atoms with Gasteiger partial charge in [-0.25, -0.2) is 4.39 Å². The third kappa shape index (κ3) is 1.59. The van der Waals surface area contributed by atoms with E-state index in [9.17, 15) is 9.18 Å². The van der Waals surface area contributed by atoms with Gasteiger partial charge < -0.3 is 5.73 Å². The molecule has 2 aromatic rings. The van der Waals surface area contributed by atoms with E-state index in [1.54, 1.807) is 4.68 Å². The number of benzene rings is 1. The molecule has 0 saturated heterocycles. The first-order chi connectivity index (χ1) is 8.66. The molecular weight excluding hydrogens is 233 g/mol. The molecule has 2 N–H and O–H groups in total. The quantitative estimate of drug-likeness (QED) is 0.879. The molecule has 2 unspecified atom stereocenters. The van der Waals surface area contributed by atoms with Crippen LogP contribution in [0.3, 0.4) is 0 Å². The van der Waals surface area contributed by atoms with Crippen LogP contribution >= 0.6 is 0 Å². The van der Waals surface area contributed by atoms with Crippen LogP contribution in [0.15, 0.2) is 36.4 Å². The van der Waals surface area contributed by atoms with Crippen LogP contribution < -0.4 is 5.73 Å². The molecule has 1 aliphatic heterocycles. The Morgan fingerprint density at radius 2 is 2.11 bits per heavy atom. The average molecular weight is 245 g/mol. The third-order valence-electron chi connectivity index (χ3n) is 3.25. The lowest BCUT2D eigenvalue weighted by molar-refractivity contribution is 0.0994. The van der Waals surface area contributed by atoms with Crippen LogP contribution in [0, 0.1) is 0 Å². The number of hydrogen-bond acceptors (Lipinski definition) is 2. The van der Waals surface area contributed by atoms with Crippen molar-refractivity contribution in [3.8, 4) is 0 Å². The number of alkyl halides is 1. The van der Waals surface area contributed by atoms with Crippen LogP contribution in [-0.4, -0.2) is 15.7 Å². The molecular formula is C13H12FN3O. The number of nitrogens with zero attached hydrogens (tertiary/aromatic N) is 2. The zero-order valence-electron chi connectivity index (χ0n) is 9.58. The normalized spacial score (nSPS) is 21.8. The second kappa shape index (κ2) is 3.94. The van der Waals surface area contributed by atoms with Crippen LogP contribution in [0.1, 0.15) is 40.4 Å². The Morgan fingerprint density at radius 3 is 2.78 bits per heavy atom. The van der Waals surface area contributed by atoms with Gasteiger partial charge in [-0.05, 0) is 11.6 Å². The Balaban J connectivity index is 2.05. The van der Waals surface area contributed by atoms with E-state index in [1.165, 1.54) is 6.07 Å². The molecule has 18 heavy (non-hydrogen) atoms. The number of rotatable bonds is 2. The standard InChI is InChI=1S/C13H12FN3O/c14-9-6-11(8-4-2-1-3-5-8)17-12(9)7-10(16-17)13(15)18/h1-5,7,9,11H,6H2,(H2,15,18). The molecule has 0 spiro atoms. The first-order valence-corrected chi connectivity index (χ1v) is 5.75. The predicted molar refractivity (Wildman–Crippen MR) is 63.8 cm³/mol. The second-order valence-corrected chi connectivity index (χ2v) is 4.39. The first-order valence-electron chi connectivity index (χ1n) is 5.75. The van der Waals surface area contributed by atoms with E-state index in [1.807, 2.05) is 30.3 Å². The summed E-state index contributed by atoms with van der Waals surface area (Å²) in [6, 6.07) is 10.8. The van der Waals surface area contributed by atoms with E-state index >= 15 is 0 Å². The molecule has 1 amide bonds. The van der Waals surface area contributed by atoms with Crippen molar-refractivity contribution in [2.75, 3.05) is 0 Å². The molecule has 0 fully saturated rings. The van der Waals surface area contributed by atoms with Gasteiger partial charge in [-0.1, -0.05) is 30.3 Å². The Kier molecular flexibility index (Phi) is 2.40. The van der Waals surface area contributed by atoms with Gasteiger partial charge >= 0.3 is 0 Å². The van der Waals surface area contributed by atoms with Gasteiger partial charge in [0.1, 0.15) is 11.9 Å². The largest absolute Gasteiger partial charge is 0.364 e. The minimum absolute atomic E-state index is 0.119. The maximum atomic E-state index is 13.9. The van der Waals surface area contributed by atoms with E-state index in [-0.39, 0.29) is 11.7 Å². The second-order valence-electron chi connectivity index (χ2n) is 4.39. The van der Waals surface area contributed by atoms with Crippen LogP contribution in [0.5, 0.6) is 0 Å². The van der Waals surface area contributed by atoms with E-state index in [0.29, 0.717) is 12.1 Å². The third-order valence-corrected chi connectivity index (χ3v) is 3.25. The molecule has 1 aromatic carbocycles. The highest BCUT2D eigenvalue weighted by Crippen LogP contribution is 2.40. The van der Waals surface area contributed by atoms with Gasteiger partial charge in [-0.2, -0.15) is 5.10 Å². The molecule has 0 saturated carbocycles. The number of fused-ring (bicyclic) bond motifs is 1. The number of amides is 1. The van der Waals surface area contributed by atoms with Crippen molar-refractivity contribution in [1.82, 2.24) is 9.78 Å². The summed E-state index contributed by atoms with van der Waals surface area (Å²) < 4.78 is 15.5. The van der Waals surface area contributed by atoms with Crippen molar-refractivity contribution in [3.05, 3.63) is 53.3 Å². The van der Waals surface area contributed by atoms with Crippen molar-refractivity contribution in [3.63, 3.8) is 0 Å². The van der Waals surface area contributed by atoms with Crippen LogP contribution in [-0.2, 0) is 0 Å². The van der Waals surface area contributed by atoms with Crippen LogP contribution in [0.4, 0.5) is 4.39 Å². The number of primary amides is 1. The summed E-state index contributed by atoms with van der Waals surface area (Å²) in [6.45, 7) is 0. The minimum atomic E-state index is -1.10. The van der Waals surface area contributed by atoms with Crippen molar-refractivity contribution in [2.45, 2.75) is 18.6 Å². The molecule has 0 aliphatic carbocycles. The number of aromatic nitrogens is 2.